The standard InChI is InChI=1S/C45H87N2O6P/c1-6-8-10-12-14-16-17-18-19-20-21-22-23-24-25-26-27-28-29-31-33-35-37-39-45(49)46-43(42-53-54(50,51)52-41-40-47(3,4)5)44(48)38-36-34-32-30-15-13-11-9-7-2/h15,20-21,30,36,38,43-44,48H,6-14,16-19,22-29,31-35,37,39-42H2,1-5H3,(H-,46,49,50,51)/b21-20-,30-15+,38-36+. The van der Waals surface area contributed by atoms with Gasteiger partial charge in [-0.25, -0.2) is 0 Å². The molecule has 0 aliphatic rings. The van der Waals surface area contributed by atoms with Gasteiger partial charge in [-0.3, -0.25) is 9.36 Å². The molecule has 0 spiro atoms. The molecule has 0 saturated heterocycles. The number of aliphatic hydroxyl groups is 1. The van der Waals surface area contributed by atoms with Crippen LogP contribution in [0.2, 0.25) is 0 Å². The Kier molecular flexibility index (Phi) is 36.4. The highest BCUT2D eigenvalue weighted by molar-refractivity contribution is 7.45. The highest BCUT2D eigenvalue weighted by Crippen LogP contribution is 2.38. The summed E-state index contributed by atoms with van der Waals surface area (Å²) in [5.74, 6) is -0.211. The summed E-state index contributed by atoms with van der Waals surface area (Å²) in [7, 11) is 1.24. The van der Waals surface area contributed by atoms with Crippen LogP contribution in [0.25, 0.3) is 0 Å². The van der Waals surface area contributed by atoms with Crippen molar-refractivity contribution < 1.29 is 32.9 Å². The lowest BCUT2D eigenvalue weighted by molar-refractivity contribution is -0.870. The number of hydrogen-bond donors (Lipinski definition) is 2. The Morgan fingerprint density at radius 2 is 1.04 bits per heavy atom. The average molecular weight is 783 g/mol. The number of carbonyl (C=O) groups is 1. The van der Waals surface area contributed by atoms with Crippen molar-refractivity contribution in [3.8, 4) is 0 Å². The largest absolute Gasteiger partial charge is 0.756 e. The maximum Gasteiger partial charge on any atom is 0.268 e. The molecule has 0 bridgehead atoms. The molecule has 3 atom stereocenters. The summed E-state index contributed by atoms with van der Waals surface area (Å²) in [6, 6.07) is -0.899. The molecule has 9 heteroatoms. The average Bonchev–Trinajstić information content (AvgIpc) is 3.12. The van der Waals surface area contributed by atoms with E-state index in [0.29, 0.717) is 17.4 Å². The predicted molar refractivity (Wildman–Crippen MR) is 228 cm³/mol. The second-order valence-electron chi connectivity index (χ2n) is 16.4. The molecule has 1 amide bonds. The van der Waals surface area contributed by atoms with Crippen molar-refractivity contribution in [3.63, 3.8) is 0 Å². The Labute approximate surface area is 334 Å². The van der Waals surface area contributed by atoms with Crippen LogP contribution in [0.1, 0.15) is 194 Å². The second-order valence-corrected chi connectivity index (χ2v) is 17.8. The first-order valence-electron chi connectivity index (χ1n) is 22.4. The van der Waals surface area contributed by atoms with Crippen molar-refractivity contribution in [2.45, 2.75) is 206 Å². The van der Waals surface area contributed by atoms with Crippen LogP contribution in [0.15, 0.2) is 36.5 Å². The molecular formula is C45H87N2O6P. The number of hydrogen-bond acceptors (Lipinski definition) is 6. The van der Waals surface area contributed by atoms with E-state index in [-0.39, 0.29) is 12.5 Å². The molecule has 2 N–H and O–H groups in total. The van der Waals surface area contributed by atoms with E-state index in [1.54, 1.807) is 6.08 Å². The van der Waals surface area contributed by atoms with Gasteiger partial charge >= 0.3 is 0 Å². The minimum Gasteiger partial charge on any atom is -0.756 e. The van der Waals surface area contributed by atoms with E-state index in [1.165, 1.54) is 135 Å². The van der Waals surface area contributed by atoms with Crippen molar-refractivity contribution in [1.29, 1.82) is 0 Å². The van der Waals surface area contributed by atoms with Crippen LogP contribution < -0.4 is 10.2 Å². The van der Waals surface area contributed by atoms with Gasteiger partial charge in [-0.1, -0.05) is 166 Å². The Balaban J connectivity index is 4.22. The van der Waals surface area contributed by atoms with E-state index >= 15 is 0 Å². The molecule has 0 fully saturated rings. The Bertz CT molecular complexity index is 980. The summed E-state index contributed by atoms with van der Waals surface area (Å²) >= 11 is 0. The summed E-state index contributed by atoms with van der Waals surface area (Å²) in [4.78, 5) is 25.2. The Morgan fingerprint density at radius 1 is 0.630 bits per heavy atom. The monoisotopic (exact) mass is 783 g/mol. The molecule has 318 valence electrons. The fraction of sp³-hybridized carbons (Fsp3) is 0.844. The zero-order chi connectivity index (χ0) is 40.0. The van der Waals surface area contributed by atoms with Gasteiger partial charge in [0, 0.05) is 6.42 Å². The second kappa shape index (κ2) is 37.3. The van der Waals surface area contributed by atoms with Gasteiger partial charge in [-0.15, -0.1) is 0 Å². The number of nitrogens with zero attached hydrogens (tertiary/aromatic N) is 1. The van der Waals surface area contributed by atoms with Crippen LogP contribution in [0, 0.1) is 0 Å². The normalized spacial score (nSPS) is 14.7. The van der Waals surface area contributed by atoms with Gasteiger partial charge in [0.05, 0.1) is 39.9 Å². The van der Waals surface area contributed by atoms with Gasteiger partial charge in [-0.2, -0.15) is 0 Å². The number of carbonyl (C=O) groups excluding carboxylic acids is 1. The van der Waals surface area contributed by atoms with Crippen LogP contribution in [-0.4, -0.2) is 68.5 Å². The summed E-state index contributed by atoms with van der Waals surface area (Å²) < 4.78 is 23.1. The van der Waals surface area contributed by atoms with Crippen molar-refractivity contribution in [3.05, 3.63) is 36.5 Å². The van der Waals surface area contributed by atoms with Crippen LogP contribution in [0.3, 0.4) is 0 Å². The number of rotatable bonds is 40. The number of allylic oxidation sites excluding steroid dienone is 5. The molecular weight excluding hydrogens is 695 g/mol. The zero-order valence-electron chi connectivity index (χ0n) is 35.9. The number of phosphoric ester groups is 1. The SMILES string of the molecule is CCCCC/C=C/CC/C=C/C(O)C(COP(=O)([O-])OCC[N+](C)(C)C)NC(=O)CCCCCCCCCCCCC/C=C\CCCCCCCCCC. The van der Waals surface area contributed by atoms with Crippen LogP contribution in [-0.2, 0) is 18.4 Å². The van der Waals surface area contributed by atoms with Crippen molar-refractivity contribution >= 4 is 13.7 Å². The summed E-state index contributed by atoms with van der Waals surface area (Å²) in [6.07, 6.45) is 45.0. The van der Waals surface area contributed by atoms with Gasteiger partial charge < -0.3 is 28.8 Å². The number of likely N-dealkylation sites (N-methyl/N-ethyl adjacent to an activating group) is 1. The molecule has 0 heterocycles. The lowest BCUT2D eigenvalue weighted by Gasteiger charge is -2.29. The highest BCUT2D eigenvalue weighted by atomic mass is 31.2. The number of aliphatic hydroxyl groups excluding tert-OH is 1. The predicted octanol–water partition coefficient (Wildman–Crippen LogP) is 11.7. The number of phosphoric acid groups is 1. The van der Waals surface area contributed by atoms with E-state index < -0.39 is 26.6 Å². The number of nitrogens with one attached hydrogen (secondary N) is 1. The fourth-order valence-electron chi connectivity index (χ4n) is 6.22. The first-order chi connectivity index (χ1) is 26.0. The molecule has 0 aromatic rings. The molecule has 0 aromatic carbocycles. The number of unbranched alkanes of at least 4 members (excludes halogenated alkanes) is 23. The molecule has 54 heavy (non-hydrogen) atoms. The maximum absolute atomic E-state index is 12.8. The third-order valence-electron chi connectivity index (χ3n) is 9.82. The van der Waals surface area contributed by atoms with Crippen LogP contribution >= 0.6 is 7.82 Å². The van der Waals surface area contributed by atoms with Crippen LogP contribution in [0.4, 0.5) is 0 Å². The molecule has 0 aliphatic carbocycles. The summed E-state index contributed by atoms with van der Waals surface area (Å²) in [5, 5.41) is 13.7. The van der Waals surface area contributed by atoms with Gasteiger partial charge in [-0.05, 0) is 57.8 Å². The molecule has 0 aliphatic heterocycles. The van der Waals surface area contributed by atoms with E-state index in [1.807, 2.05) is 27.2 Å². The first-order valence-corrected chi connectivity index (χ1v) is 23.8. The molecule has 0 radical (unpaired) electrons. The minimum absolute atomic E-state index is 0.00668. The first kappa shape index (κ1) is 52.7. The molecule has 0 rings (SSSR count). The van der Waals surface area contributed by atoms with Crippen molar-refractivity contribution in [2.24, 2.45) is 0 Å². The topological polar surface area (TPSA) is 108 Å². The number of amides is 1. The van der Waals surface area contributed by atoms with E-state index in [9.17, 15) is 19.4 Å². The summed E-state index contributed by atoms with van der Waals surface area (Å²) in [6.45, 7) is 4.56. The van der Waals surface area contributed by atoms with E-state index in [2.05, 4.69) is 43.5 Å². The minimum atomic E-state index is -4.59. The van der Waals surface area contributed by atoms with Crippen molar-refractivity contribution in [2.75, 3.05) is 40.9 Å². The summed E-state index contributed by atoms with van der Waals surface area (Å²) in [5.41, 5.74) is 0. The Morgan fingerprint density at radius 3 is 1.54 bits per heavy atom. The zero-order valence-corrected chi connectivity index (χ0v) is 36.8. The van der Waals surface area contributed by atoms with Gasteiger partial charge in [0.1, 0.15) is 13.2 Å². The molecule has 3 unspecified atom stereocenters. The lowest BCUT2D eigenvalue weighted by atomic mass is 10.0. The van der Waals surface area contributed by atoms with Crippen LogP contribution in [0.5, 0.6) is 0 Å². The lowest BCUT2D eigenvalue weighted by Crippen LogP contribution is -2.45. The molecule has 0 saturated carbocycles. The highest BCUT2D eigenvalue weighted by Gasteiger charge is 2.23. The number of quaternary nitrogens is 1. The Hall–Kier alpha value is -1.28. The van der Waals surface area contributed by atoms with Gasteiger partial charge in [0.15, 0.2) is 0 Å². The maximum atomic E-state index is 12.8. The van der Waals surface area contributed by atoms with Crippen molar-refractivity contribution in [1.82, 2.24) is 5.32 Å². The third-order valence-corrected chi connectivity index (χ3v) is 10.8. The quantitative estimate of drug-likeness (QED) is 0.0277. The van der Waals surface area contributed by atoms with Gasteiger partial charge in [0.25, 0.3) is 7.82 Å². The van der Waals surface area contributed by atoms with Gasteiger partial charge in [0.2, 0.25) is 5.91 Å². The third kappa shape index (κ3) is 39.0. The molecule has 8 nitrogen and oxygen atoms in total. The van der Waals surface area contributed by atoms with E-state index in [0.717, 1.165) is 38.5 Å². The van der Waals surface area contributed by atoms with E-state index in [4.69, 9.17) is 9.05 Å². The fourth-order valence-corrected chi connectivity index (χ4v) is 6.94. The molecule has 0 aromatic heterocycles. The smallest absolute Gasteiger partial charge is 0.268 e.